The number of nitrogens with zero attached hydrogens (tertiary/aromatic N) is 3. The molecule has 2 rings (SSSR count). The smallest absolute Gasteiger partial charge is 0.290 e. The molecule has 2 N–H and O–H groups in total. The normalized spacial score (nSPS) is 10.4. The van der Waals surface area contributed by atoms with Crippen molar-refractivity contribution in [3.05, 3.63) is 33.3 Å². The van der Waals surface area contributed by atoms with Crippen molar-refractivity contribution in [2.75, 3.05) is 5.32 Å². The van der Waals surface area contributed by atoms with Crippen LogP contribution in [0.4, 0.5) is 11.5 Å². The van der Waals surface area contributed by atoms with Crippen LogP contribution in [0.3, 0.4) is 0 Å². The summed E-state index contributed by atoms with van der Waals surface area (Å²) >= 11 is 5.75. The molecule has 0 aliphatic rings. The molecular weight excluding hydrogens is 230 g/mol. The molecule has 0 bridgehead atoms. The van der Waals surface area contributed by atoms with E-state index in [1.807, 2.05) is 6.92 Å². The molecule has 7 heteroatoms. The van der Waals surface area contributed by atoms with Gasteiger partial charge in [0, 0.05) is 24.9 Å². The number of anilines is 2. The molecule has 0 spiro atoms. The molecule has 0 atom stereocenters. The average Bonchev–Trinajstić information content (AvgIpc) is 2.60. The quantitative estimate of drug-likeness (QED) is 0.826. The lowest BCUT2D eigenvalue weighted by Crippen LogP contribution is -2.22. The Labute approximate surface area is 96.2 Å². The SMILES string of the molecule is Cc1cc(Nc2cc(Cl)nn(C)c2=O)n[nH]1. The molecule has 0 aliphatic heterocycles. The van der Waals surface area contributed by atoms with E-state index in [4.69, 9.17) is 11.6 Å². The number of hydrogen-bond donors (Lipinski definition) is 2. The molecule has 0 aliphatic carbocycles. The fourth-order valence-electron chi connectivity index (χ4n) is 1.28. The number of rotatable bonds is 2. The van der Waals surface area contributed by atoms with Crippen LogP contribution in [-0.4, -0.2) is 20.0 Å². The summed E-state index contributed by atoms with van der Waals surface area (Å²) in [6, 6.07) is 3.25. The number of nitrogens with one attached hydrogen (secondary N) is 2. The number of aromatic nitrogens is 4. The highest BCUT2D eigenvalue weighted by atomic mass is 35.5. The van der Waals surface area contributed by atoms with Gasteiger partial charge in [0.15, 0.2) is 11.0 Å². The van der Waals surface area contributed by atoms with Gasteiger partial charge in [-0.1, -0.05) is 11.6 Å². The number of aromatic amines is 1. The lowest BCUT2D eigenvalue weighted by atomic mass is 10.4. The van der Waals surface area contributed by atoms with Gasteiger partial charge < -0.3 is 5.32 Å². The van der Waals surface area contributed by atoms with E-state index in [-0.39, 0.29) is 10.7 Å². The summed E-state index contributed by atoms with van der Waals surface area (Å²) in [6.07, 6.45) is 0. The van der Waals surface area contributed by atoms with Crippen LogP contribution in [0.5, 0.6) is 0 Å². The molecule has 0 amide bonds. The molecule has 16 heavy (non-hydrogen) atoms. The molecule has 2 aromatic rings. The zero-order chi connectivity index (χ0) is 11.7. The lowest BCUT2D eigenvalue weighted by molar-refractivity contribution is 0.710. The predicted octanol–water partition coefficient (Wildman–Crippen LogP) is 1.21. The third kappa shape index (κ3) is 2.06. The van der Waals surface area contributed by atoms with E-state index in [1.165, 1.54) is 17.8 Å². The molecule has 0 unspecified atom stereocenters. The summed E-state index contributed by atoms with van der Waals surface area (Å²) in [5.41, 5.74) is 0.985. The maximum atomic E-state index is 11.7. The van der Waals surface area contributed by atoms with Crippen LogP contribution in [0, 0.1) is 6.92 Å². The molecule has 0 saturated heterocycles. The minimum Gasteiger partial charge on any atom is -0.334 e. The first kappa shape index (κ1) is 10.7. The second kappa shape index (κ2) is 3.97. The first-order valence-corrected chi connectivity index (χ1v) is 4.97. The minimum absolute atomic E-state index is 0.247. The van der Waals surface area contributed by atoms with Gasteiger partial charge >= 0.3 is 0 Å². The molecule has 0 aromatic carbocycles. The minimum atomic E-state index is -0.259. The number of hydrogen-bond acceptors (Lipinski definition) is 4. The molecule has 84 valence electrons. The maximum absolute atomic E-state index is 11.7. The second-order valence-corrected chi connectivity index (χ2v) is 3.76. The van der Waals surface area contributed by atoms with Crippen molar-refractivity contribution in [3.63, 3.8) is 0 Å². The Hall–Kier alpha value is -1.82. The molecule has 2 aromatic heterocycles. The van der Waals surface area contributed by atoms with Gasteiger partial charge in [-0.05, 0) is 6.92 Å². The largest absolute Gasteiger partial charge is 0.334 e. The Balaban J connectivity index is 2.38. The van der Waals surface area contributed by atoms with Crippen molar-refractivity contribution >= 4 is 23.1 Å². The third-order valence-electron chi connectivity index (χ3n) is 2.00. The van der Waals surface area contributed by atoms with Crippen molar-refractivity contribution in [1.82, 2.24) is 20.0 Å². The van der Waals surface area contributed by atoms with Crippen molar-refractivity contribution in [3.8, 4) is 0 Å². The topological polar surface area (TPSA) is 75.6 Å². The third-order valence-corrected chi connectivity index (χ3v) is 2.19. The van der Waals surface area contributed by atoms with Crippen LogP contribution in [0.2, 0.25) is 5.15 Å². The highest BCUT2D eigenvalue weighted by Gasteiger charge is 2.06. The Morgan fingerprint density at radius 1 is 1.50 bits per heavy atom. The molecular formula is C9H10ClN5O. The molecule has 0 radical (unpaired) electrons. The average molecular weight is 240 g/mol. The Bertz CT molecular complexity index is 574. The van der Waals surface area contributed by atoms with E-state index < -0.39 is 0 Å². The van der Waals surface area contributed by atoms with Gasteiger partial charge in [-0.3, -0.25) is 9.89 Å². The van der Waals surface area contributed by atoms with Gasteiger partial charge in [-0.2, -0.15) is 10.2 Å². The van der Waals surface area contributed by atoms with Crippen molar-refractivity contribution in [2.45, 2.75) is 6.92 Å². The van der Waals surface area contributed by atoms with Crippen LogP contribution in [0.15, 0.2) is 16.9 Å². The monoisotopic (exact) mass is 239 g/mol. The van der Waals surface area contributed by atoms with E-state index in [0.29, 0.717) is 11.5 Å². The Morgan fingerprint density at radius 2 is 2.25 bits per heavy atom. The van der Waals surface area contributed by atoms with Gasteiger partial charge in [0.1, 0.15) is 5.69 Å². The number of aryl methyl sites for hydroxylation is 2. The zero-order valence-corrected chi connectivity index (χ0v) is 9.54. The fourth-order valence-corrected chi connectivity index (χ4v) is 1.50. The standard InChI is InChI=1S/C9H10ClN5O/c1-5-3-8(13-12-5)11-6-4-7(10)14-15(2)9(6)16/h3-4H,1-2H3,(H2,11,12,13). The predicted molar refractivity (Wildman–Crippen MR) is 61.1 cm³/mol. The molecule has 2 heterocycles. The summed E-state index contributed by atoms with van der Waals surface area (Å²) in [5.74, 6) is 0.567. The Kier molecular flexibility index (Phi) is 2.66. The summed E-state index contributed by atoms with van der Waals surface area (Å²) in [7, 11) is 1.54. The molecule has 0 saturated carbocycles. The maximum Gasteiger partial charge on any atom is 0.290 e. The van der Waals surface area contributed by atoms with Gasteiger partial charge in [-0.25, -0.2) is 4.68 Å². The first-order valence-electron chi connectivity index (χ1n) is 4.59. The Morgan fingerprint density at radius 3 is 2.88 bits per heavy atom. The summed E-state index contributed by atoms with van der Waals surface area (Å²) in [5, 5.41) is 13.6. The summed E-state index contributed by atoms with van der Waals surface area (Å²) < 4.78 is 1.17. The van der Waals surface area contributed by atoms with Crippen molar-refractivity contribution < 1.29 is 0 Å². The first-order chi connectivity index (χ1) is 7.56. The highest BCUT2D eigenvalue weighted by molar-refractivity contribution is 6.29. The van der Waals surface area contributed by atoms with Gasteiger partial charge in [-0.15, -0.1) is 0 Å². The van der Waals surface area contributed by atoms with Gasteiger partial charge in [0.05, 0.1) is 0 Å². The number of halogens is 1. The molecule has 0 fully saturated rings. The van der Waals surface area contributed by atoms with Crippen LogP contribution in [0.1, 0.15) is 5.69 Å². The van der Waals surface area contributed by atoms with E-state index in [1.54, 1.807) is 6.07 Å². The summed E-state index contributed by atoms with van der Waals surface area (Å²) in [4.78, 5) is 11.7. The molecule has 6 nitrogen and oxygen atoms in total. The number of H-pyrrole nitrogens is 1. The van der Waals surface area contributed by atoms with Crippen LogP contribution < -0.4 is 10.9 Å². The summed E-state index contributed by atoms with van der Waals surface area (Å²) in [6.45, 7) is 1.87. The van der Waals surface area contributed by atoms with Crippen LogP contribution in [0.25, 0.3) is 0 Å². The van der Waals surface area contributed by atoms with Crippen LogP contribution in [-0.2, 0) is 7.05 Å². The second-order valence-electron chi connectivity index (χ2n) is 3.37. The van der Waals surface area contributed by atoms with Gasteiger partial charge in [0.25, 0.3) is 5.56 Å². The zero-order valence-electron chi connectivity index (χ0n) is 8.78. The van der Waals surface area contributed by atoms with Crippen molar-refractivity contribution in [2.24, 2.45) is 7.05 Å². The van der Waals surface area contributed by atoms with E-state index in [2.05, 4.69) is 20.6 Å². The van der Waals surface area contributed by atoms with E-state index in [0.717, 1.165) is 5.69 Å². The lowest BCUT2D eigenvalue weighted by Gasteiger charge is -2.04. The van der Waals surface area contributed by atoms with Crippen molar-refractivity contribution in [1.29, 1.82) is 0 Å². The highest BCUT2D eigenvalue weighted by Crippen LogP contribution is 2.13. The van der Waals surface area contributed by atoms with Gasteiger partial charge in [0.2, 0.25) is 0 Å². The van der Waals surface area contributed by atoms with Crippen LogP contribution >= 0.6 is 11.6 Å². The van der Waals surface area contributed by atoms with E-state index in [9.17, 15) is 4.79 Å². The fraction of sp³-hybridized carbons (Fsp3) is 0.222. The van der Waals surface area contributed by atoms with E-state index >= 15 is 0 Å².